The van der Waals surface area contributed by atoms with Crippen molar-refractivity contribution in [3.05, 3.63) is 18.4 Å². The fraction of sp³-hybridized carbons (Fsp3) is 0.562. The van der Waals surface area contributed by atoms with Crippen molar-refractivity contribution in [3.8, 4) is 0 Å². The predicted octanol–water partition coefficient (Wildman–Crippen LogP) is 2.53. The van der Waals surface area contributed by atoms with Crippen LogP contribution in [0.5, 0.6) is 0 Å². The molecule has 1 fully saturated rings. The maximum atomic E-state index is 7.81. The van der Waals surface area contributed by atoms with Gasteiger partial charge in [0.1, 0.15) is 5.52 Å². The third kappa shape index (κ3) is 3.44. The van der Waals surface area contributed by atoms with Gasteiger partial charge in [0.05, 0.1) is 1.37 Å². The summed E-state index contributed by atoms with van der Waals surface area (Å²) < 4.78 is 7.81. The predicted molar refractivity (Wildman–Crippen MR) is 89.9 cm³/mol. The van der Waals surface area contributed by atoms with Gasteiger partial charge in [0.15, 0.2) is 5.82 Å². The van der Waals surface area contributed by atoms with Gasteiger partial charge in [-0.2, -0.15) is 0 Å². The molecule has 0 saturated heterocycles. The summed E-state index contributed by atoms with van der Waals surface area (Å²) in [5.74, 6) is 1.25. The van der Waals surface area contributed by atoms with Gasteiger partial charge < -0.3 is 16.4 Å². The van der Waals surface area contributed by atoms with Gasteiger partial charge in [0.2, 0.25) is 5.95 Å². The number of nitrogens with one attached hydrogen (secondary N) is 2. The van der Waals surface area contributed by atoms with E-state index < -0.39 is 0 Å². The number of fused-ring (bicyclic) bond motifs is 1. The summed E-state index contributed by atoms with van der Waals surface area (Å²) >= 11 is 0. The van der Waals surface area contributed by atoms with E-state index in [2.05, 4.69) is 25.6 Å². The molecule has 0 atom stereocenters. The Bertz CT molecular complexity index is 682. The average Bonchev–Trinajstić information content (AvgIpc) is 2.49. The van der Waals surface area contributed by atoms with E-state index in [1.165, 1.54) is 0 Å². The van der Waals surface area contributed by atoms with Crippen molar-refractivity contribution >= 4 is 22.7 Å². The van der Waals surface area contributed by atoms with E-state index >= 15 is 0 Å². The van der Waals surface area contributed by atoms with Crippen molar-refractivity contribution in [1.29, 1.82) is 0 Å². The number of anilines is 2. The molecule has 1 aliphatic carbocycles. The maximum absolute atomic E-state index is 7.81. The monoisotopic (exact) mass is 301 g/mol. The Kier molecular flexibility index (Phi) is 4.01. The second kappa shape index (κ2) is 6.44. The Labute approximate surface area is 132 Å². The summed E-state index contributed by atoms with van der Waals surface area (Å²) in [6, 6.07) is 2.60. The fourth-order valence-corrected chi connectivity index (χ4v) is 2.80. The molecule has 0 bridgehead atoms. The first-order chi connectivity index (χ1) is 11.0. The Morgan fingerprint density at radius 2 is 2.05 bits per heavy atom. The number of hydrogen-bond donors (Lipinski definition) is 3. The third-order valence-corrected chi connectivity index (χ3v) is 3.97. The standard InChI is InChI=1S/C16H24N6/c1-10(2)20-15-14-11(7-8-18-15)9-19-16(22-14)21-13-5-3-12(17)4-6-13/h7-10,12-13H,3-6,17H2,1-2H3,(H,18,20)(H,19,21,22)/i8D. The lowest BCUT2D eigenvalue weighted by Crippen LogP contribution is -2.33. The minimum Gasteiger partial charge on any atom is -0.366 e. The van der Waals surface area contributed by atoms with Crippen LogP contribution in [0.1, 0.15) is 40.9 Å². The molecule has 2 aromatic heterocycles. The van der Waals surface area contributed by atoms with Crippen molar-refractivity contribution in [2.45, 2.75) is 57.7 Å². The highest BCUT2D eigenvalue weighted by Gasteiger charge is 2.19. The Morgan fingerprint density at radius 3 is 2.77 bits per heavy atom. The minimum absolute atomic E-state index is 0.214. The molecule has 2 aromatic rings. The van der Waals surface area contributed by atoms with Gasteiger partial charge in [0.25, 0.3) is 0 Å². The molecular formula is C16H24N6. The molecule has 6 nitrogen and oxygen atoms in total. The molecular weight excluding hydrogens is 276 g/mol. The van der Waals surface area contributed by atoms with Crippen LogP contribution in [-0.2, 0) is 0 Å². The average molecular weight is 301 g/mol. The molecule has 22 heavy (non-hydrogen) atoms. The van der Waals surface area contributed by atoms with Crippen LogP contribution in [0.25, 0.3) is 10.9 Å². The van der Waals surface area contributed by atoms with Crippen molar-refractivity contribution < 1.29 is 1.37 Å². The Hall–Kier alpha value is -1.95. The van der Waals surface area contributed by atoms with Crippen LogP contribution in [-0.4, -0.2) is 33.1 Å². The van der Waals surface area contributed by atoms with E-state index in [-0.39, 0.29) is 12.2 Å². The number of pyridine rings is 1. The molecule has 0 amide bonds. The van der Waals surface area contributed by atoms with Gasteiger partial charge in [-0.15, -0.1) is 0 Å². The second-order valence-electron chi connectivity index (χ2n) is 6.29. The molecule has 1 saturated carbocycles. The zero-order valence-electron chi connectivity index (χ0n) is 14.1. The van der Waals surface area contributed by atoms with Crippen LogP contribution in [0.4, 0.5) is 11.8 Å². The first kappa shape index (κ1) is 13.7. The molecule has 4 N–H and O–H groups in total. The SMILES string of the molecule is [2H]c1cc2cnc(NC3CCC(N)CC3)nc2c(NC(C)C)n1. The number of nitrogens with zero attached hydrogens (tertiary/aromatic N) is 3. The highest BCUT2D eigenvalue weighted by Crippen LogP contribution is 2.23. The van der Waals surface area contributed by atoms with Gasteiger partial charge in [-0.05, 0) is 45.6 Å². The van der Waals surface area contributed by atoms with Crippen LogP contribution < -0.4 is 16.4 Å². The first-order valence-electron chi connectivity index (χ1n) is 8.44. The molecule has 1 aliphatic rings. The van der Waals surface area contributed by atoms with E-state index in [9.17, 15) is 0 Å². The summed E-state index contributed by atoms with van der Waals surface area (Å²) in [5, 5.41) is 7.49. The van der Waals surface area contributed by atoms with Gasteiger partial charge in [-0.3, -0.25) is 0 Å². The number of rotatable bonds is 4. The smallest absolute Gasteiger partial charge is 0.223 e. The summed E-state index contributed by atoms with van der Waals surface area (Å²) in [7, 11) is 0. The Morgan fingerprint density at radius 1 is 1.27 bits per heavy atom. The molecule has 6 heteroatoms. The summed E-state index contributed by atoms with van der Waals surface area (Å²) in [6.45, 7) is 4.07. The van der Waals surface area contributed by atoms with Crippen molar-refractivity contribution in [2.24, 2.45) is 5.73 Å². The van der Waals surface area contributed by atoms with E-state index in [0.717, 1.165) is 36.6 Å². The molecule has 0 radical (unpaired) electrons. The molecule has 2 heterocycles. The minimum atomic E-state index is 0.214. The highest BCUT2D eigenvalue weighted by molar-refractivity contribution is 5.88. The Balaban J connectivity index is 1.86. The molecule has 0 aromatic carbocycles. The topological polar surface area (TPSA) is 88.8 Å². The van der Waals surface area contributed by atoms with Gasteiger partial charge >= 0.3 is 0 Å². The van der Waals surface area contributed by atoms with Crippen LogP contribution in [0.3, 0.4) is 0 Å². The summed E-state index contributed by atoms with van der Waals surface area (Å²) in [5.41, 5.74) is 6.70. The van der Waals surface area contributed by atoms with Gasteiger partial charge in [-0.1, -0.05) is 0 Å². The maximum Gasteiger partial charge on any atom is 0.223 e. The number of aromatic nitrogens is 3. The lowest BCUT2D eigenvalue weighted by molar-refractivity contribution is 0.410. The molecule has 0 unspecified atom stereocenters. The normalized spacial score (nSPS) is 22.6. The van der Waals surface area contributed by atoms with Crippen molar-refractivity contribution in [3.63, 3.8) is 0 Å². The molecule has 0 aliphatic heterocycles. The quantitative estimate of drug-likeness (QED) is 0.804. The van der Waals surface area contributed by atoms with Crippen molar-refractivity contribution in [1.82, 2.24) is 15.0 Å². The molecule has 3 rings (SSSR count). The zero-order valence-corrected chi connectivity index (χ0v) is 13.1. The number of nitrogens with two attached hydrogens (primary N) is 1. The number of hydrogen-bond acceptors (Lipinski definition) is 6. The third-order valence-electron chi connectivity index (χ3n) is 3.97. The summed E-state index contributed by atoms with van der Waals surface area (Å²) in [4.78, 5) is 13.3. The van der Waals surface area contributed by atoms with E-state index in [1.807, 2.05) is 13.8 Å². The summed E-state index contributed by atoms with van der Waals surface area (Å²) in [6.07, 6.45) is 6.13. The van der Waals surface area contributed by atoms with Crippen LogP contribution >= 0.6 is 0 Å². The van der Waals surface area contributed by atoms with E-state index in [1.54, 1.807) is 12.3 Å². The van der Waals surface area contributed by atoms with E-state index in [4.69, 9.17) is 7.10 Å². The fourth-order valence-electron chi connectivity index (χ4n) is 2.80. The van der Waals surface area contributed by atoms with Gasteiger partial charge in [-0.25, -0.2) is 15.0 Å². The lowest BCUT2D eigenvalue weighted by atomic mass is 9.92. The van der Waals surface area contributed by atoms with Gasteiger partial charge in [0, 0.05) is 35.9 Å². The van der Waals surface area contributed by atoms with Crippen LogP contribution in [0.2, 0.25) is 0 Å². The van der Waals surface area contributed by atoms with Crippen LogP contribution in [0.15, 0.2) is 18.4 Å². The highest BCUT2D eigenvalue weighted by atomic mass is 15.1. The largest absolute Gasteiger partial charge is 0.366 e. The zero-order chi connectivity index (χ0) is 16.4. The molecule has 118 valence electrons. The van der Waals surface area contributed by atoms with Crippen molar-refractivity contribution in [2.75, 3.05) is 10.6 Å². The van der Waals surface area contributed by atoms with E-state index in [0.29, 0.717) is 23.8 Å². The van der Waals surface area contributed by atoms with Crippen LogP contribution in [0, 0.1) is 0 Å². The lowest BCUT2D eigenvalue weighted by Gasteiger charge is -2.26. The first-order valence-corrected chi connectivity index (χ1v) is 7.94. The molecule has 0 spiro atoms. The second-order valence-corrected chi connectivity index (χ2v) is 6.29.